The Balaban J connectivity index is 1.33. The van der Waals surface area contributed by atoms with Crippen molar-refractivity contribution in [3.63, 3.8) is 0 Å². The van der Waals surface area contributed by atoms with Gasteiger partial charge in [-0.2, -0.15) is 0 Å². The van der Waals surface area contributed by atoms with E-state index in [2.05, 4.69) is 0 Å². The molecule has 20 nitrogen and oxygen atoms in total. The molecular formula is C33H40O20. The van der Waals surface area contributed by atoms with E-state index in [0.717, 1.165) is 12.1 Å². The smallest absolute Gasteiger partial charge is 0.239 e. The van der Waals surface area contributed by atoms with Crippen LogP contribution >= 0.6 is 0 Å². The number of fused-ring (bicyclic) bond motifs is 1. The number of aliphatic hydroxyl groups is 10. The molecule has 0 radical (unpaired) electrons. The van der Waals surface area contributed by atoms with Gasteiger partial charge in [0.15, 0.2) is 12.1 Å². The highest BCUT2D eigenvalue weighted by Gasteiger charge is 2.51. The molecule has 3 aliphatic heterocycles. The predicted octanol–water partition coefficient (Wildman–Crippen LogP) is -3.92. The van der Waals surface area contributed by atoms with Gasteiger partial charge in [0.1, 0.15) is 95.4 Å². The van der Waals surface area contributed by atoms with Crippen molar-refractivity contribution in [3.8, 4) is 34.3 Å². The van der Waals surface area contributed by atoms with E-state index in [9.17, 15) is 66.1 Å². The van der Waals surface area contributed by atoms with Crippen LogP contribution in [0.3, 0.4) is 0 Å². The maximum atomic E-state index is 14.0. The zero-order valence-electron chi connectivity index (χ0n) is 27.7. The molecule has 3 aliphatic rings. The van der Waals surface area contributed by atoms with Crippen LogP contribution in [-0.4, -0.2) is 167 Å². The molecule has 15 atom stereocenters. The normalized spacial score (nSPS) is 37.8. The number of aliphatic hydroxyl groups excluding tert-OH is 10. The molecule has 6 rings (SSSR count). The Hall–Kier alpha value is -3.71. The molecular weight excluding hydrogens is 716 g/mol. The highest BCUT2D eigenvalue weighted by molar-refractivity contribution is 5.88. The van der Waals surface area contributed by atoms with Crippen molar-refractivity contribution in [1.82, 2.24) is 0 Å². The summed E-state index contributed by atoms with van der Waals surface area (Å²) in [5, 5.41) is 123. The molecule has 0 spiro atoms. The van der Waals surface area contributed by atoms with Crippen molar-refractivity contribution >= 4 is 11.0 Å². The standard InChI is InChI=1S/C33H40O20/c1-10-19(38)22(41)25(44)31(47-10)52-29-17(9-35)51-33(27(46)24(29)43)53-30-21(40)18-14(37)6-13(48-32-26(45)23(42)20(39)16(8-34)50-32)7-15(18)49-28(30)11-2-4-12(36)5-3-11/h2-7,10,16-17,19-20,22-27,29,31-39,41-46H,8-9H2,1H3. The van der Waals surface area contributed by atoms with Crippen LogP contribution in [0, 0.1) is 0 Å². The molecule has 20 heteroatoms. The second-order valence-electron chi connectivity index (χ2n) is 12.9. The SMILES string of the molecule is CC1OC(OC2C(CO)OC(Oc3c(-c4ccc(O)cc4)oc4cc(OC5OC(CO)C(O)C(O)C5O)cc(O)c4c3=O)C(O)C2O)C(O)C(O)C1O. The number of ether oxygens (including phenoxy) is 6. The quantitative estimate of drug-likeness (QED) is 0.0992. The Labute approximate surface area is 298 Å². The summed E-state index contributed by atoms with van der Waals surface area (Å²) in [6.45, 7) is -0.219. The second-order valence-corrected chi connectivity index (χ2v) is 12.9. The molecule has 4 heterocycles. The lowest BCUT2D eigenvalue weighted by atomic mass is 9.97. The van der Waals surface area contributed by atoms with Gasteiger partial charge < -0.3 is 94.1 Å². The van der Waals surface area contributed by atoms with Crippen LogP contribution in [-0.2, 0) is 18.9 Å². The number of benzene rings is 2. The summed E-state index contributed by atoms with van der Waals surface area (Å²) >= 11 is 0. The number of hydrogen-bond acceptors (Lipinski definition) is 20. The molecule has 0 bridgehead atoms. The lowest BCUT2D eigenvalue weighted by Crippen LogP contribution is -2.64. The molecule has 2 aromatic carbocycles. The van der Waals surface area contributed by atoms with Crippen molar-refractivity contribution < 1.29 is 94.1 Å². The fraction of sp³-hybridized carbons (Fsp3) is 0.545. The number of rotatable bonds is 9. The Bertz CT molecular complexity index is 1780. The van der Waals surface area contributed by atoms with E-state index in [4.69, 9.17) is 32.8 Å². The van der Waals surface area contributed by atoms with Gasteiger partial charge in [-0.25, -0.2) is 0 Å². The Morgan fingerprint density at radius 3 is 1.91 bits per heavy atom. The van der Waals surface area contributed by atoms with E-state index in [-0.39, 0.29) is 28.4 Å². The summed E-state index contributed by atoms with van der Waals surface area (Å²) in [7, 11) is 0. The predicted molar refractivity (Wildman–Crippen MR) is 171 cm³/mol. The minimum Gasteiger partial charge on any atom is -0.508 e. The minimum atomic E-state index is -2.03. The summed E-state index contributed by atoms with van der Waals surface area (Å²) in [5.41, 5.74) is -1.26. The molecule has 0 aliphatic carbocycles. The molecule has 292 valence electrons. The number of phenols is 2. The van der Waals surface area contributed by atoms with E-state index in [1.807, 2.05) is 0 Å². The largest absolute Gasteiger partial charge is 0.508 e. The van der Waals surface area contributed by atoms with E-state index < -0.39 is 128 Å². The van der Waals surface area contributed by atoms with Gasteiger partial charge in [0, 0.05) is 17.7 Å². The highest BCUT2D eigenvalue weighted by atomic mass is 16.7. The molecule has 1 aromatic heterocycles. The van der Waals surface area contributed by atoms with Crippen molar-refractivity contribution in [1.29, 1.82) is 0 Å². The topological polar surface area (TPSA) is 328 Å². The lowest BCUT2D eigenvalue weighted by Gasteiger charge is -2.45. The van der Waals surface area contributed by atoms with Gasteiger partial charge in [-0.1, -0.05) is 0 Å². The van der Waals surface area contributed by atoms with Gasteiger partial charge in [-0.3, -0.25) is 4.79 Å². The van der Waals surface area contributed by atoms with Crippen LogP contribution in [0.2, 0.25) is 0 Å². The van der Waals surface area contributed by atoms with E-state index >= 15 is 0 Å². The maximum Gasteiger partial charge on any atom is 0.239 e. The van der Waals surface area contributed by atoms with E-state index in [1.54, 1.807) is 0 Å². The number of phenolic OH excluding ortho intramolecular Hbond substituents is 2. The lowest BCUT2D eigenvalue weighted by molar-refractivity contribution is -0.349. The summed E-state index contributed by atoms with van der Waals surface area (Å²) in [6, 6.07) is 7.20. The first-order valence-corrected chi connectivity index (χ1v) is 16.4. The summed E-state index contributed by atoms with van der Waals surface area (Å²) in [5.74, 6) is -2.21. The van der Waals surface area contributed by atoms with Crippen molar-refractivity contribution in [2.24, 2.45) is 0 Å². The first-order chi connectivity index (χ1) is 25.1. The van der Waals surface area contributed by atoms with Crippen LogP contribution in [0.5, 0.6) is 23.0 Å². The average Bonchev–Trinajstić information content (AvgIpc) is 3.13. The third-order valence-corrected chi connectivity index (χ3v) is 9.29. The Morgan fingerprint density at radius 2 is 1.25 bits per heavy atom. The van der Waals surface area contributed by atoms with Gasteiger partial charge in [0.05, 0.1) is 19.3 Å². The van der Waals surface area contributed by atoms with E-state index in [1.165, 1.54) is 31.2 Å². The summed E-state index contributed by atoms with van der Waals surface area (Å²) in [6.07, 6.45) is -24.9. The maximum absolute atomic E-state index is 14.0. The van der Waals surface area contributed by atoms with Crippen LogP contribution in [0.15, 0.2) is 45.6 Å². The fourth-order valence-electron chi connectivity index (χ4n) is 6.25. The average molecular weight is 757 g/mol. The molecule has 12 N–H and O–H groups in total. The van der Waals surface area contributed by atoms with Crippen LogP contribution in [0.1, 0.15) is 6.92 Å². The van der Waals surface area contributed by atoms with Gasteiger partial charge in [-0.15, -0.1) is 0 Å². The van der Waals surface area contributed by atoms with Gasteiger partial charge in [0.2, 0.25) is 23.8 Å². The molecule has 53 heavy (non-hydrogen) atoms. The number of hydrogen-bond donors (Lipinski definition) is 12. The highest BCUT2D eigenvalue weighted by Crippen LogP contribution is 2.39. The molecule has 3 aromatic rings. The van der Waals surface area contributed by atoms with Gasteiger partial charge in [-0.05, 0) is 31.2 Å². The molecule has 3 fully saturated rings. The monoisotopic (exact) mass is 756 g/mol. The van der Waals surface area contributed by atoms with E-state index in [0.29, 0.717) is 0 Å². The third kappa shape index (κ3) is 7.39. The third-order valence-electron chi connectivity index (χ3n) is 9.29. The second kappa shape index (κ2) is 15.6. The molecule has 0 amide bonds. The van der Waals surface area contributed by atoms with Crippen LogP contribution < -0.4 is 14.9 Å². The van der Waals surface area contributed by atoms with Crippen molar-refractivity contribution in [2.75, 3.05) is 13.2 Å². The first kappa shape index (κ1) is 39.0. The Morgan fingerprint density at radius 1 is 0.660 bits per heavy atom. The zero-order valence-corrected chi connectivity index (χ0v) is 27.7. The minimum absolute atomic E-state index is 0.112. The zero-order chi connectivity index (χ0) is 38.5. The molecule has 15 unspecified atom stereocenters. The number of aromatic hydroxyl groups is 2. The van der Waals surface area contributed by atoms with Gasteiger partial charge >= 0.3 is 0 Å². The Kier molecular flexibility index (Phi) is 11.5. The van der Waals surface area contributed by atoms with Crippen molar-refractivity contribution in [3.05, 3.63) is 46.6 Å². The summed E-state index contributed by atoms with van der Waals surface area (Å²) in [4.78, 5) is 14.0. The van der Waals surface area contributed by atoms with Crippen LogP contribution in [0.25, 0.3) is 22.3 Å². The first-order valence-electron chi connectivity index (χ1n) is 16.4. The fourth-order valence-corrected chi connectivity index (χ4v) is 6.25. The van der Waals surface area contributed by atoms with Crippen LogP contribution in [0.4, 0.5) is 0 Å². The van der Waals surface area contributed by atoms with Crippen molar-refractivity contribution in [2.45, 2.75) is 99.0 Å². The van der Waals surface area contributed by atoms with Gasteiger partial charge in [0.25, 0.3) is 0 Å². The molecule has 0 saturated carbocycles. The summed E-state index contributed by atoms with van der Waals surface area (Å²) < 4.78 is 39.4. The molecule has 3 saturated heterocycles.